The van der Waals surface area contributed by atoms with Gasteiger partial charge in [-0.25, -0.2) is 4.79 Å². The number of anilines is 1. The number of hydrogen-bond donors (Lipinski definition) is 2. The zero-order valence-corrected chi connectivity index (χ0v) is 17.8. The van der Waals surface area contributed by atoms with E-state index in [-0.39, 0.29) is 28.9 Å². The van der Waals surface area contributed by atoms with Gasteiger partial charge in [0.2, 0.25) is 5.91 Å². The first-order chi connectivity index (χ1) is 14.7. The molecular weight excluding hydrogens is 390 g/mol. The molecule has 2 aromatic rings. The predicted molar refractivity (Wildman–Crippen MR) is 117 cm³/mol. The van der Waals surface area contributed by atoms with Crippen LogP contribution < -0.4 is 11.1 Å². The smallest absolute Gasteiger partial charge is 0.321 e. The highest BCUT2D eigenvalue weighted by Crippen LogP contribution is 2.71. The topological polar surface area (TPSA) is 102 Å². The summed E-state index contributed by atoms with van der Waals surface area (Å²) in [5.74, 6) is -0.433. The number of hydrogen-bond acceptors (Lipinski definition) is 4. The maximum absolute atomic E-state index is 13.2. The molecule has 1 aliphatic heterocycles. The number of nitrogens with two attached hydrogens (primary N) is 1. The molecule has 7 heteroatoms. The third-order valence-electron chi connectivity index (χ3n) is 7.96. The molecule has 0 bridgehead atoms. The van der Waals surface area contributed by atoms with E-state index in [1.807, 2.05) is 19.2 Å². The molecule has 4 atom stereocenters. The minimum absolute atomic E-state index is 0.0333. The average Bonchev–Trinajstić information content (AvgIpc) is 2.98. The number of primary amides is 1. The zero-order chi connectivity index (χ0) is 22.1. The molecule has 1 spiro atoms. The summed E-state index contributed by atoms with van der Waals surface area (Å²) in [6.07, 6.45) is 0.953. The summed E-state index contributed by atoms with van der Waals surface area (Å²) in [4.78, 5) is 29.1. The Balaban J connectivity index is 1.47. The summed E-state index contributed by atoms with van der Waals surface area (Å²) in [5.41, 5.74) is 9.47. The normalized spacial score (nSPS) is 30.0. The summed E-state index contributed by atoms with van der Waals surface area (Å²) in [7, 11) is 3.94. The molecule has 7 nitrogen and oxygen atoms in total. The zero-order valence-electron chi connectivity index (χ0n) is 17.8. The van der Waals surface area contributed by atoms with Gasteiger partial charge in [-0.2, -0.15) is 5.26 Å². The van der Waals surface area contributed by atoms with E-state index in [9.17, 15) is 9.59 Å². The number of benzene rings is 2. The number of likely N-dealkylation sites (N-methyl/N-ethyl adjacent to an activating group) is 2. The lowest BCUT2D eigenvalue weighted by Gasteiger charge is -2.77. The number of nitrogens with zero attached hydrogens (tertiary/aromatic N) is 3. The first-order valence-electron chi connectivity index (χ1n) is 10.4. The van der Waals surface area contributed by atoms with E-state index >= 15 is 0 Å². The van der Waals surface area contributed by atoms with Gasteiger partial charge in [0.25, 0.3) is 0 Å². The SMILES string of the molecule is CN1CC23Cc4ccc(C(N)=O)cc4[C@@]2(C)[C@H](N(C)C(=O)Nc2ccc(C#N)cc2)[C@H]13. The van der Waals surface area contributed by atoms with Crippen LogP contribution in [-0.4, -0.2) is 54.5 Å². The highest BCUT2D eigenvalue weighted by atomic mass is 16.2. The van der Waals surface area contributed by atoms with E-state index in [1.165, 1.54) is 5.56 Å². The summed E-state index contributed by atoms with van der Waals surface area (Å²) in [6, 6.07) is 14.7. The highest BCUT2D eigenvalue weighted by Gasteiger charge is 2.80. The van der Waals surface area contributed by atoms with E-state index in [0.29, 0.717) is 16.8 Å². The van der Waals surface area contributed by atoms with Gasteiger partial charge < -0.3 is 20.9 Å². The number of urea groups is 1. The lowest BCUT2D eigenvalue weighted by atomic mass is 9.39. The van der Waals surface area contributed by atoms with E-state index in [4.69, 9.17) is 11.0 Å². The Bertz CT molecular complexity index is 1150. The van der Waals surface area contributed by atoms with E-state index < -0.39 is 5.91 Å². The van der Waals surface area contributed by atoms with Gasteiger partial charge in [-0.1, -0.05) is 13.0 Å². The number of nitriles is 1. The Morgan fingerprint density at radius 3 is 2.58 bits per heavy atom. The van der Waals surface area contributed by atoms with Crippen molar-refractivity contribution in [1.29, 1.82) is 5.26 Å². The van der Waals surface area contributed by atoms with Crippen molar-refractivity contribution in [2.75, 3.05) is 26.0 Å². The van der Waals surface area contributed by atoms with Crippen LogP contribution in [-0.2, 0) is 11.8 Å². The second-order valence-electron chi connectivity index (χ2n) is 9.31. The Kier molecular flexibility index (Phi) is 3.99. The van der Waals surface area contributed by atoms with Gasteiger partial charge in [-0.05, 0) is 61.0 Å². The monoisotopic (exact) mass is 415 g/mol. The molecule has 1 saturated carbocycles. The molecule has 3 aliphatic rings. The maximum atomic E-state index is 13.2. The molecule has 3 N–H and O–H groups in total. The lowest BCUT2D eigenvalue weighted by Crippen LogP contribution is -2.89. The largest absolute Gasteiger partial charge is 0.366 e. The number of carbonyl (C=O) groups is 2. The molecular formula is C24H25N5O2. The molecule has 2 fully saturated rings. The lowest BCUT2D eigenvalue weighted by molar-refractivity contribution is -0.234. The molecule has 3 amide bonds. The molecule has 158 valence electrons. The third-order valence-corrected chi connectivity index (χ3v) is 7.96. The first kappa shape index (κ1) is 19.6. The number of carbonyl (C=O) groups excluding carboxylic acids is 2. The Hall–Kier alpha value is -3.37. The van der Waals surface area contributed by atoms with Crippen LogP contribution >= 0.6 is 0 Å². The molecule has 1 saturated heterocycles. The van der Waals surface area contributed by atoms with E-state index in [0.717, 1.165) is 18.5 Å². The number of piperidine rings is 1. The van der Waals surface area contributed by atoms with Crippen molar-refractivity contribution in [3.63, 3.8) is 0 Å². The molecule has 5 rings (SSSR count). The molecule has 1 heterocycles. The standard InChI is InChI=1S/C24H25N5O2/c1-23-18-10-15(21(26)30)6-7-16(18)11-24(23)13-28(2)20(24)19(23)29(3)22(31)27-17-8-4-14(12-25)5-9-17/h4-10,19-20H,11,13H2,1-3H3,(H2,26,30)(H,27,31)/t19-,20+,23+,24?/m1/s1. The van der Waals surface area contributed by atoms with Crippen LogP contribution in [0.3, 0.4) is 0 Å². The van der Waals surface area contributed by atoms with Gasteiger partial charge in [0.15, 0.2) is 0 Å². The van der Waals surface area contributed by atoms with Gasteiger partial charge in [0, 0.05) is 41.7 Å². The quantitative estimate of drug-likeness (QED) is 0.803. The van der Waals surface area contributed by atoms with Crippen molar-refractivity contribution in [3.8, 4) is 6.07 Å². The van der Waals surface area contributed by atoms with Crippen LogP contribution in [0.4, 0.5) is 10.5 Å². The van der Waals surface area contributed by atoms with E-state index in [1.54, 1.807) is 35.2 Å². The number of likely N-dealkylation sites (tertiary alicyclic amines) is 1. The van der Waals surface area contributed by atoms with E-state index in [2.05, 4.69) is 30.3 Å². The minimum Gasteiger partial charge on any atom is -0.366 e. The van der Waals surface area contributed by atoms with Crippen LogP contribution in [0.25, 0.3) is 0 Å². The second-order valence-corrected chi connectivity index (χ2v) is 9.31. The molecule has 0 radical (unpaired) electrons. The van der Waals surface area contributed by atoms with Gasteiger partial charge in [-0.15, -0.1) is 0 Å². The van der Waals surface area contributed by atoms with Crippen molar-refractivity contribution < 1.29 is 9.59 Å². The second kappa shape index (κ2) is 6.32. The number of fused-ring (bicyclic) bond motifs is 2. The Morgan fingerprint density at radius 2 is 1.97 bits per heavy atom. The van der Waals surface area contributed by atoms with Gasteiger partial charge in [-0.3, -0.25) is 4.79 Å². The van der Waals surface area contributed by atoms with Crippen LogP contribution in [0, 0.1) is 16.7 Å². The summed E-state index contributed by atoms with van der Waals surface area (Å²) in [5, 5.41) is 11.9. The van der Waals surface area contributed by atoms with Crippen LogP contribution in [0.15, 0.2) is 42.5 Å². The number of amides is 3. The fourth-order valence-electron chi connectivity index (χ4n) is 6.52. The Labute approximate surface area is 181 Å². The molecule has 0 aromatic heterocycles. The Morgan fingerprint density at radius 1 is 1.26 bits per heavy atom. The van der Waals surface area contributed by atoms with Crippen molar-refractivity contribution in [3.05, 3.63) is 64.7 Å². The van der Waals surface area contributed by atoms with Crippen LogP contribution in [0.1, 0.15) is 34.0 Å². The third kappa shape index (κ3) is 2.37. The fraction of sp³-hybridized carbons (Fsp3) is 0.375. The first-order valence-corrected chi connectivity index (χ1v) is 10.4. The maximum Gasteiger partial charge on any atom is 0.321 e. The molecule has 2 aromatic carbocycles. The van der Waals surface area contributed by atoms with Crippen molar-refractivity contribution in [2.45, 2.75) is 30.8 Å². The van der Waals surface area contributed by atoms with Crippen LogP contribution in [0.5, 0.6) is 0 Å². The molecule has 2 aliphatic carbocycles. The summed E-state index contributed by atoms with van der Waals surface area (Å²) < 4.78 is 0. The van der Waals surface area contributed by atoms with Gasteiger partial charge in [0.1, 0.15) is 0 Å². The minimum atomic E-state index is -0.433. The average molecular weight is 415 g/mol. The molecule has 1 unspecified atom stereocenters. The van der Waals surface area contributed by atoms with Crippen molar-refractivity contribution >= 4 is 17.6 Å². The highest BCUT2D eigenvalue weighted by molar-refractivity contribution is 5.93. The number of rotatable bonds is 3. The predicted octanol–water partition coefficient (Wildman–Crippen LogP) is 2.32. The van der Waals surface area contributed by atoms with Gasteiger partial charge in [0.05, 0.1) is 17.7 Å². The van der Waals surface area contributed by atoms with Crippen LogP contribution in [0.2, 0.25) is 0 Å². The van der Waals surface area contributed by atoms with Gasteiger partial charge >= 0.3 is 6.03 Å². The summed E-state index contributed by atoms with van der Waals surface area (Å²) in [6.45, 7) is 3.19. The number of nitrogens with one attached hydrogen (secondary N) is 1. The van der Waals surface area contributed by atoms with Crippen molar-refractivity contribution in [2.24, 2.45) is 11.1 Å². The molecule has 31 heavy (non-hydrogen) atoms. The summed E-state index contributed by atoms with van der Waals surface area (Å²) >= 11 is 0. The fourth-order valence-corrected chi connectivity index (χ4v) is 6.52. The van der Waals surface area contributed by atoms with Crippen molar-refractivity contribution in [1.82, 2.24) is 9.80 Å².